The van der Waals surface area contributed by atoms with Crippen LogP contribution in [0.1, 0.15) is 21.5 Å². The number of anilines is 2. The Labute approximate surface area is 156 Å². The molecule has 1 heterocycles. The van der Waals surface area contributed by atoms with Gasteiger partial charge < -0.3 is 15.1 Å². The van der Waals surface area contributed by atoms with Gasteiger partial charge in [-0.25, -0.2) is 0 Å². The van der Waals surface area contributed by atoms with E-state index in [4.69, 9.17) is 0 Å². The Kier molecular flexibility index (Phi) is 6.45. The van der Waals surface area contributed by atoms with Gasteiger partial charge in [0.15, 0.2) is 0 Å². The maximum Gasteiger partial charge on any atom is 0.255 e. The minimum Gasteiger partial charge on any atom is -0.369 e. The fourth-order valence-electron chi connectivity index (χ4n) is 2.91. The smallest absolute Gasteiger partial charge is 0.255 e. The van der Waals surface area contributed by atoms with E-state index in [1.807, 2.05) is 44.2 Å². The zero-order valence-electron chi connectivity index (χ0n) is 15.1. The topological polar surface area (TPSA) is 35.6 Å². The molecule has 0 spiro atoms. The Morgan fingerprint density at radius 1 is 0.920 bits per heavy atom. The van der Waals surface area contributed by atoms with Crippen molar-refractivity contribution in [2.75, 3.05) is 43.4 Å². The van der Waals surface area contributed by atoms with Crippen molar-refractivity contribution in [3.05, 3.63) is 59.2 Å². The van der Waals surface area contributed by atoms with Crippen LogP contribution in [-0.4, -0.2) is 44.0 Å². The van der Waals surface area contributed by atoms with Crippen molar-refractivity contribution in [2.45, 2.75) is 13.8 Å². The van der Waals surface area contributed by atoms with Crippen LogP contribution < -0.4 is 10.2 Å². The van der Waals surface area contributed by atoms with Crippen molar-refractivity contribution in [1.29, 1.82) is 0 Å². The van der Waals surface area contributed by atoms with Gasteiger partial charge in [0, 0.05) is 43.1 Å². The van der Waals surface area contributed by atoms with Gasteiger partial charge in [-0.1, -0.05) is 6.07 Å². The maximum atomic E-state index is 12.4. The van der Waals surface area contributed by atoms with E-state index in [1.165, 1.54) is 11.3 Å². The third-order valence-electron chi connectivity index (χ3n) is 4.76. The lowest BCUT2D eigenvalue weighted by atomic mass is 10.1. The van der Waals surface area contributed by atoms with Crippen LogP contribution in [0.3, 0.4) is 0 Å². The quantitative estimate of drug-likeness (QED) is 0.907. The van der Waals surface area contributed by atoms with Gasteiger partial charge in [0.2, 0.25) is 0 Å². The molecule has 0 bridgehead atoms. The summed E-state index contributed by atoms with van der Waals surface area (Å²) in [6.45, 7) is 8.34. The summed E-state index contributed by atoms with van der Waals surface area (Å²) in [7, 11) is 2.16. The number of halogens is 1. The van der Waals surface area contributed by atoms with Gasteiger partial charge in [-0.2, -0.15) is 0 Å². The maximum absolute atomic E-state index is 12.4. The largest absolute Gasteiger partial charge is 0.369 e. The molecule has 0 radical (unpaired) electrons. The molecule has 1 amide bonds. The minimum atomic E-state index is -0.0644. The molecule has 1 fully saturated rings. The van der Waals surface area contributed by atoms with E-state index in [-0.39, 0.29) is 18.3 Å². The highest BCUT2D eigenvalue weighted by molar-refractivity contribution is 6.04. The Morgan fingerprint density at radius 3 is 2.16 bits per heavy atom. The standard InChI is InChI=1S/C20H25N3O.ClH/c1-15-4-5-17(14-16(15)2)20(24)21-18-6-8-19(9-7-18)23-12-10-22(3)11-13-23;/h4-9,14H,10-13H2,1-3H3,(H,21,24);1H. The lowest BCUT2D eigenvalue weighted by molar-refractivity contribution is 0.102. The van der Waals surface area contributed by atoms with E-state index in [9.17, 15) is 4.79 Å². The van der Waals surface area contributed by atoms with Crippen molar-refractivity contribution in [3.63, 3.8) is 0 Å². The summed E-state index contributed by atoms with van der Waals surface area (Å²) in [6.07, 6.45) is 0. The molecular weight excluding hydrogens is 334 g/mol. The highest BCUT2D eigenvalue weighted by Gasteiger charge is 2.14. The Hall–Kier alpha value is -2.04. The number of rotatable bonds is 3. The second-order valence-corrected chi connectivity index (χ2v) is 6.59. The first-order valence-corrected chi connectivity index (χ1v) is 8.45. The first-order chi connectivity index (χ1) is 11.5. The second kappa shape index (κ2) is 8.37. The predicted octanol–water partition coefficient (Wildman–Crippen LogP) is 3.73. The third-order valence-corrected chi connectivity index (χ3v) is 4.76. The summed E-state index contributed by atoms with van der Waals surface area (Å²) in [5, 5.41) is 2.98. The molecule has 4 nitrogen and oxygen atoms in total. The van der Waals surface area contributed by atoms with E-state index in [2.05, 4.69) is 34.3 Å². The Morgan fingerprint density at radius 2 is 1.56 bits per heavy atom. The summed E-state index contributed by atoms with van der Waals surface area (Å²) in [4.78, 5) is 17.1. The number of likely N-dealkylation sites (N-methyl/N-ethyl adjacent to an activating group) is 1. The monoisotopic (exact) mass is 359 g/mol. The summed E-state index contributed by atoms with van der Waals surface area (Å²) in [6, 6.07) is 13.9. The lowest BCUT2D eigenvalue weighted by Gasteiger charge is -2.34. The third kappa shape index (κ3) is 4.74. The fraction of sp³-hybridized carbons (Fsp3) is 0.350. The zero-order valence-corrected chi connectivity index (χ0v) is 15.9. The van der Waals surface area contributed by atoms with Gasteiger partial charge in [-0.3, -0.25) is 4.79 Å². The first kappa shape index (κ1) is 19.3. The Bertz CT molecular complexity index is 722. The summed E-state index contributed by atoms with van der Waals surface area (Å²) in [5.41, 5.74) is 5.07. The molecule has 1 aliphatic rings. The number of amides is 1. The van der Waals surface area contributed by atoms with Crippen LogP contribution in [0.25, 0.3) is 0 Å². The van der Waals surface area contributed by atoms with Gasteiger partial charge in [0.1, 0.15) is 0 Å². The van der Waals surface area contributed by atoms with Gasteiger partial charge in [0.05, 0.1) is 0 Å². The highest BCUT2D eigenvalue weighted by Crippen LogP contribution is 2.20. The normalized spacial score (nSPS) is 14.8. The number of benzene rings is 2. The van der Waals surface area contributed by atoms with Crippen LogP contribution >= 0.6 is 12.4 Å². The molecule has 1 saturated heterocycles. The van der Waals surface area contributed by atoms with Crippen LogP contribution in [0.2, 0.25) is 0 Å². The van der Waals surface area contributed by atoms with Crippen molar-refractivity contribution in [1.82, 2.24) is 4.90 Å². The van der Waals surface area contributed by atoms with Crippen molar-refractivity contribution in [2.24, 2.45) is 0 Å². The lowest BCUT2D eigenvalue weighted by Crippen LogP contribution is -2.44. The summed E-state index contributed by atoms with van der Waals surface area (Å²) < 4.78 is 0. The molecule has 1 aliphatic heterocycles. The van der Waals surface area contributed by atoms with E-state index in [0.717, 1.165) is 37.4 Å². The number of carbonyl (C=O) groups is 1. The molecular formula is C20H26ClN3O. The molecule has 0 aromatic heterocycles. The van der Waals surface area contributed by atoms with E-state index in [0.29, 0.717) is 5.56 Å². The fourth-order valence-corrected chi connectivity index (χ4v) is 2.91. The summed E-state index contributed by atoms with van der Waals surface area (Å²) >= 11 is 0. The SMILES string of the molecule is Cc1ccc(C(=O)Nc2ccc(N3CCN(C)CC3)cc2)cc1C.Cl. The van der Waals surface area contributed by atoms with Crippen LogP contribution in [0.5, 0.6) is 0 Å². The zero-order chi connectivity index (χ0) is 17.1. The van der Waals surface area contributed by atoms with Gasteiger partial charge >= 0.3 is 0 Å². The molecule has 25 heavy (non-hydrogen) atoms. The number of nitrogens with zero attached hydrogens (tertiary/aromatic N) is 2. The van der Waals surface area contributed by atoms with E-state index < -0.39 is 0 Å². The number of carbonyl (C=O) groups excluding carboxylic acids is 1. The molecule has 0 atom stereocenters. The molecule has 0 saturated carbocycles. The van der Waals surface area contributed by atoms with Crippen LogP contribution in [0, 0.1) is 13.8 Å². The van der Waals surface area contributed by atoms with Crippen molar-refractivity contribution < 1.29 is 4.79 Å². The Balaban J connectivity index is 0.00000225. The molecule has 0 aliphatic carbocycles. The highest BCUT2D eigenvalue weighted by atomic mass is 35.5. The van der Waals surface area contributed by atoms with Gasteiger partial charge in [0.25, 0.3) is 5.91 Å². The average Bonchev–Trinajstić information content (AvgIpc) is 2.59. The molecule has 1 N–H and O–H groups in total. The number of piperazine rings is 1. The number of hydrogen-bond donors (Lipinski definition) is 1. The molecule has 5 heteroatoms. The van der Waals surface area contributed by atoms with Crippen LogP contribution in [0.4, 0.5) is 11.4 Å². The van der Waals surface area contributed by atoms with E-state index in [1.54, 1.807) is 0 Å². The predicted molar refractivity (Wildman–Crippen MR) is 107 cm³/mol. The molecule has 2 aromatic rings. The minimum absolute atomic E-state index is 0. The number of hydrogen-bond acceptors (Lipinski definition) is 3. The van der Waals surface area contributed by atoms with Crippen LogP contribution in [0.15, 0.2) is 42.5 Å². The van der Waals surface area contributed by atoms with Gasteiger partial charge in [-0.15, -0.1) is 12.4 Å². The van der Waals surface area contributed by atoms with E-state index >= 15 is 0 Å². The number of aryl methyl sites for hydroxylation is 2. The van der Waals surface area contributed by atoms with Crippen LogP contribution in [-0.2, 0) is 0 Å². The molecule has 0 unspecified atom stereocenters. The van der Waals surface area contributed by atoms with Crippen molar-refractivity contribution in [3.8, 4) is 0 Å². The molecule has 134 valence electrons. The number of nitrogens with one attached hydrogen (secondary N) is 1. The van der Waals surface area contributed by atoms with Crippen molar-refractivity contribution >= 4 is 29.7 Å². The molecule has 2 aromatic carbocycles. The summed E-state index contributed by atoms with van der Waals surface area (Å²) in [5.74, 6) is -0.0644. The second-order valence-electron chi connectivity index (χ2n) is 6.59. The first-order valence-electron chi connectivity index (χ1n) is 8.45. The van der Waals surface area contributed by atoms with Gasteiger partial charge in [-0.05, 0) is 68.4 Å². The average molecular weight is 360 g/mol. The molecule has 3 rings (SSSR count).